The Bertz CT molecular complexity index is 607. The van der Waals surface area contributed by atoms with Crippen LogP contribution in [0.3, 0.4) is 0 Å². The summed E-state index contributed by atoms with van der Waals surface area (Å²) in [6, 6.07) is 18.7. The van der Waals surface area contributed by atoms with Gasteiger partial charge in [0.05, 0.1) is 12.7 Å². The highest BCUT2D eigenvalue weighted by atomic mass is 32.2. The first-order valence-corrected chi connectivity index (χ1v) is 8.08. The van der Waals surface area contributed by atoms with E-state index in [1.54, 1.807) is 7.11 Å². The van der Waals surface area contributed by atoms with E-state index in [9.17, 15) is 0 Å². The second-order valence-corrected chi connectivity index (χ2v) is 6.82. The smallest absolute Gasteiger partial charge is 0.132 e. The van der Waals surface area contributed by atoms with Crippen molar-refractivity contribution in [1.82, 2.24) is 0 Å². The molecular formula is C18H20O2S. The van der Waals surface area contributed by atoms with E-state index >= 15 is 0 Å². The van der Waals surface area contributed by atoms with Crippen molar-refractivity contribution in [2.45, 2.75) is 29.9 Å². The molecule has 110 valence electrons. The van der Waals surface area contributed by atoms with Crippen molar-refractivity contribution in [3.8, 4) is 5.75 Å². The molecule has 1 heterocycles. The third-order valence-electron chi connectivity index (χ3n) is 4.10. The zero-order chi connectivity index (χ0) is 14.9. The maximum Gasteiger partial charge on any atom is 0.132 e. The van der Waals surface area contributed by atoms with Crippen LogP contribution in [0.4, 0.5) is 0 Å². The summed E-state index contributed by atoms with van der Waals surface area (Å²) in [5.74, 6) is 1.80. The van der Waals surface area contributed by atoms with Crippen LogP contribution in [0.1, 0.15) is 19.4 Å². The Kier molecular flexibility index (Phi) is 3.72. The predicted octanol–water partition coefficient (Wildman–Crippen LogP) is 4.49. The summed E-state index contributed by atoms with van der Waals surface area (Å²) >= 11 is 1.83. The molecule has 2 aromatic rings. The third-order valence-corrected chi connectivity index (χ3v) is 5.26. The molecule has 3 heteroatoms. The molecule has 1 unspecified atom stereocenters. The largest absolute Gasteiger partial charge is 0.497 e. The molecule has 0 saturated carbocycles. The summed E-state index contributed by atoms with van der Waals surface area (Å²) in [6.07, 6.45) is 0. The lowest BCUT2D eigenvalue weighted by Gasteiger charge is -2.15. The Morgan fingerprint density at radius 2 is 1.62 bits per heavy atom. The number of rotatable bonds is 5. The molecule has 1 atom stereocenters. The van der Waals surface area contributed by atoms with Crippen LogP contribution < -0.4 is 4.74 Å². The van der Waals surface area contributed by atoms with E-state index in [0.29, 0.717) is 0 Å². The van der Waals surface area contributed by atoms with Gasteiger partial charge in [-0.1, -0.05) is 30.3 Å². The molecule has 0 amide bonds. The fourth-order valence-electron chi connectivity index (χ4n) is 2.67. The van der Waals surface area contributed by atoms with Gasteiger partial charge in [-0.05, 0) is 43.7 Å². The molecule has 1 aliphatic heterocycles. The summed E-state index contributed by atoms with van der Waals surface area (Å²) in [5.41, 5.74) is 0.975. The van der Waals surface area contributed by atoms with Gasteiger partial charge in [-0.2, -0.15) is 0 Å². The van der Waals surface area contributed by atoms with Crippen molar-refractivity contribution in [2.24, 2.45) is 0 Å². The van der Waals surface area contributed by atoms with Crippen LogP contribution in [-0.2, 0) is 10.3 Å². The normalized spacial score (nSPS) is 22.8. The van der Waals surface area contributed by atoms with Crippen LogP contribution in [0.5, 0.6) is 5.75 Å². The molecule has 3 rings (SSSR count). The van der Waals surface area contributed by atoms with Crippen LogP contribution >= 0.6 is 11.8 Å². The average molecular weight is 300 g/mol. The molecule has 1 fully saturated rings. The molecule has 0 bridgehead atoms. The lowest BCUT2D eigenvalue weighted by Crippen LogP contribution is -2.21. The molecule has 0 aromatic heterocycles. The van der Waals surface area contributed by atoms with Crippen LogP contribution in [-0.4, -0.2) is 18.5 Å². The molecule has 0 aliphatic carbocycles. The van der Waals surface area contributed by atoms with Gasteiger partial charge in [0.15, 0.2) is 0 Å². The van der Waals surface area contributed by atoms with Crippen molar-refractivity contribution in [1.29, 1.82) is 0 Å². The summed E-state index contributed by atoms with van der Waals surface area (Å²) in [5, 5.41) is 0. The van der Waals surface area contributed by atoms with E-state index < -0.39 is 0 Å². The molecule has 0 radical (unpaired) electrons. The maximum absolute atomic E-state index is 6.10. The second kappa shape index (κ2) is 5.39. The molecule has 1 aliphatic rings. The molecule has 1 saturated heterocycles. The Morgan fingerprint density at radius 1 is 1.00 bits per heavy atom. The van der Waals surface area contributed by atoms with Crippen molar-refractivity contribution in [3.05, 3.63) is 60.2 Å². The topological polar surface area (TPSA) is 21.8 Å². The number of epoxide rings is 1. The highest BCUT2D eigenvalue weighted by Gasteiger charge is 2.64. The van der Waals surface area contributed by atoms with E-state index in [0.717, 1.165) is 11.5 Å². The van der Waals surface area contributed by atoms with Gasteiger partial charge in [-0.25, -0.2) is 0 Å². The van der Waals surface area contributed by atoms with Crippen molar-refractivity contribution in [3.63, 3.8) is 0 Å². The van der Waals surface area contributed by atoms with E-state index in [4.69, 9.17) is 9.47 Å². The van der Waals surface area contributed by atoms with Gasteiger partial charge < -0.3 is 9.47 Å². The molecular weight excluding hydrogens is 280 g/mol. The third kappa shape index (κ3) is 2.68. The number of benzene rings is 2. The number of thioether (sulfide) groups is 1. The van der Waals surface area contributed by atoms with E-state index in [-0.39, 0.29) is 11.2 Å². The summed E-state index contributed by atoms with van der Waals surface area (Å²) in [7, 11) is 1.69. The van der Waals surface area contributed by atoms with Crippen LogP contribution in [0.15, 0.2) is 59.5 Å². The predicted molar refractivity (Wildman–Crippen MR) is 87.0 cm³/mol. The zero-order valence-electron chi connectivity index (χ0n) is 12.6. The summed E-state index contributed by atoms with van der Waals surface area (Å²) < 4.78 is 11.3. The minimum absolute atomic E-state index is 0.103. The lowest BCUT2D eigenvalue weighted by atomic mass is 9.90. The van der Waals surface area contributed by atoms with Gasteiger partial charge in [0.25, 0.3) is 0 Å². The highest BCUT2D eigenvalue weighted by molar-refractivity contribution is 7.99. The Hall–Kier alpha value is -1.45. The summed E-state index contributed by atoms with van der Waals surface area (Å²) in [6.45, 7) is 4.32. The monoisotopic (exact) mass is 300 g/mol. The fourth-order valence-corrected chi connectivity index (χ4v) is 3.94. The molecule has 2 aromatic carbocycles. The molecule has 2 nitrogen and oxygen atoms in total. The zero-order valence-corrected chi connectivity index (χ0v) is 13.4. The Morgan fingerprint density at radius 3 is 2.14 bits per heavy atom. The van der Waals surface area contributed by atoms with Crippen LogP contribution in [0, 0.1) is 0 Å². The lowest BCUT2D eigenvalue weighted by molar-refractivity contribution is 0.290. The highest BCUT2D eigenvalue weighted by Crippen LogP contribution is 2.57. The van der Waals surface area contributed by atoms with Gasteiger partial charge in [-0.3, -0.25) is 0 Å². The summed E-state index contributed by atoms with van der Waals surface area (Å²) in [4.78, 5) is 1.23. The van der Waals surface area contributed by atoms with Crippen molar-refractivity contribution < 1.29 is 9.47 Å². The number of methoxy groups -OCH3 is 1. The van der Waals surface area contributed by atoms with Gasteiger partial charge in [0, 0.05) is 10.6 Å². The minimum atomic E-state index is -0.182. The molecule has 21 heavy (non-hydrogen) atoms. The maximum atomic E-state index is 6.10. The van der Waals surface area contributed by atoms with Crippen molar-refractivity contribution >= 4 is 11.8 Å². The molecule has 0 N–H and O–H groups in total. The number of hydrogen-bond donors (Lipinski definition) is 0. The Labute approximate surface area is 130 Å². The Balaban J connectivity index is 1.75. The fraction of sp³-hybridized carbons (Fsp3) is 0.333. The van der Waals surface area contributed by atoms with Crippen LogP contribution in [0.25, 0.3) is 0 Å². The quantitative estimate of drug-likeness (QED) is 0.600. The molecule has 0 spiro atoms. The standard InChI is InChI=1S/C18H20O2S/c1-17(2)18(20-17,14-7-5-4-6-8-14)13-21-16-11-9-15(19-3)10-12-16/h4-12H,13H2,1-3H3. The van der Waals surface area contributed by atoms with E-state index in [1.807, 2.05) is 30.0 Å². The first kappa shape index (κ1) is 14.5. The van der Waals surface area contributed by atoms with Gasteiger partial charge in [0.1, 0.15) is 11.4 Å². The number of ether oxygens (including phenoxy) is 2. The van der Waals surface area contributed by atoms with E-state index in [2.05, 4.69) is 50.2 Å². The van der Waals surface area contributed by atoms with Crippen LogP contribution in [0.2, 0.25) is 0 Å². The van der Waals surface area contributed by atoms with Gasteiger partial charge in [-0.15, -0.1) is 11.8 Å². The first-order valence-electron chi connectivity index (χ1n) is 7.10. The average Bonchev–Trinajstić information content (AvgIpc) is 3.09. The van der Waals surface area contributed by atoms with E-state index in [1.165, 1.54) is 10.5 Å². The minimum Gasteiger partial charge on any atom is -0.497 e. The van der Waals surface area contributed by atoms with Gasteiger partial charge >= 0.3 is 0 Å². The number of hydrogen-bond acceptors (Lipinski definition) is 3. The first-order chi connectivity index (χ1) is 10.1. The second-order valence-electron chi connectivity index (χ2n) is 5.77. The van der Waals surface area contributed by atoms with Crippen molar-refractivity contribution in [2.75, 3.05) is 12.9 Å². The van der Waals surface area contributed by atoms with Gasteiger partial charge in [0.2, 0.25) is 0 Å². The SMILES string of the molecule is COc1ccc(SCC2(c3ccccc3)OC2(C)C)cc1.